The molecular formula is C21H18N4O3. The number of carbonyl (C=O) groups excluding carboxylic acids is 1. The first-order chi connectivity index (χ1) is 13.7. The highest BCUT2D eigenvalue weighted by atomic mass is 16.5. The molecule has 140 valence electrons. The van der Waals surface area contributed by atoms with Gasteiger partial charge in [0.2, 0.25) is 0 Å². The Kier molecular flexibility index (Phi) is 4.63. The summed E-state index contributed by atoms with van der Waals surface area (Å²) in [6.45, 7) is 0. The van der Waals surface area contributed by atoms with Crippen LogP contribution in [0, 0.1) is 0 Å². The predicted molar refractivity (Wildman–Crippen MR) is 107 cm³/mol. The Morgan fingerprint density at radius 3 is 2.64 bits per heavy atom. The Labute approximate surface area is 161 Å². The number of pyridine rings is 1. The number of nitrogens with zero attached hydrogens (tertiary/aromatic N) is 2. The molecule has 2 N–H and O–H groups in total. The average Bonchev–Trinajstić information content (AvgIpc) is 3.17. The fourth-order valence-electron chi connectivity index (χ4n) is 2.91. The third-order valence-corrected chi connectivity index (χ3v) is 4.30. The van der Waals surface area contributed by atoms with Crippen LogP contribution in [0.15, 0.2) is 60.8 Å². The molecule has 1 amide bonds. The van der Waals surface area contributed by atoms with E-state index in [0.717, 1.165) is 11.1 Å². The van der Waals surface area contributed by atoms with Gasteiger partial charge in [-0.2, -0.15) is 0 Å². The first-order valence-electron chi connectivity index (χ1n) is 8.62. The molecule has 4 rings (SSSR count). The van der Waals surface area contributed by atoms with E-state index in [-0.39, 0.29) is 5.91 Å². The van der Waals surface area contributed by atoms with Gasteiger partial charge in [-0.15, -0.1) is 0 Å². The lowest BCUT2D eigenvalue weighted by Gasteiger charge is -2.10. The molecule has 4 aromatic rings. The Bertz CT molecular complexity index is 1120. The number of H-pyrrole nitrogens is 1. The normalized spacial score (nSPS) is 10.6. The van der Waals surface area contributed by atoms with Crippen LogP contribution in [-0.2, 0) is 0 Å². The van der Waals surface area contributed by atoms with Crippen LogP contribution in [0.5, 0.6) is 11.5 Å². The molecule has 2 heterocycles. The van der Waals surface area contributed by atoms with Gasteiger partial charge < -0.3 is 19.8 Å². The summed E-state index contributed by atoms with van der Waals surface area (Å²) in [5, 5.41) is 2.90. The van der Waals surface area contributed by atoms with Crippen LogP contribution in [-0.4, -0.2) is 35.1 Å². The minimum atomic E-state index is -0.246. The van der Waals surface area contributed by atoms with E-state index in [1.165, 1.54) is 7.11 Å². The monoisotopic (exact) mass is 374 g/mol. The van der Waals surface area contributed by atoms with Crippen molar-refractivity contribution in [1.82, 2.24) is 15.0 Å². The zero-order chi connectivity index (χ0) is 19.5. The number of aromatic amines is 1. The van der Waals surface area contributed by atoms with Crippen LogP contribution in [0.4, 0.5) is 5.69 Å². The zero-order valence-electron chi connectivity index (χ0n) is 15.4. The Morgan fingerprint density at radius 2 is 1.86 bits per heavy atom. The lowest BCUT2D eigenvalue weighted by molar-refractivity contribution is 0.102. The minimum Gasteiger partial charge on any atom is -0.493 e. The van der Waals surface area contributed by atoms with Gasteiger partial charge in [0.1, 0.15) is 5.82 Å². The summed E-state index contributed by atoms with van der Waals surface area (Å²) in [6, 6.07) is 16.3. The van der Waals surface area contributed by atoms with Crippen molar-refractivity contribution < 1.29 is 14.3 Å². The number of aromatic nitrogens is 3. The largest absolute Gasteiger partial charge is 0.493 e. The van der Waals surface area contributed by atoms with Crippen LogP contribution in [0.2, 0.25) is 0 Å². The number of carbonyl (C=O) groups is 1. The summed E-state index contributed by atoms with van der Waals surface area (Å²) >= 11 is 0. The molecule has 0 aliphatic rings. The lowest BCUT2D eigenvalue weighted by Crippen LogP contribution is -2.12. The second-order valence-electron chi connectivity index (χ2n) is 6.06. The zero-order valence-corrected chi connectivity index (χ0v) is 15.4. The number of amides is 1. The Hall–Kier alpha value is -3.87. The molecule has 28 heavy (non-hydrogen) atoms. The average molecular weight is 374 g/mol. The molecule has 0 aliphatic heterocycles. The smallest absolute Gasteiger partial charge is 0.255 e. The molecule has 0 unspecified atom stereocenters. The van der Waals surface area contributed by atoms with Gasteiger partial charge in [0.05, 0.1) is 19.7 Å². The van der Waals surface area contributed by atoms with Gasteiger partial charge in [-0.3, -0.25) is 4.79 Å². The van der Waals surface area contributed by atoms with Crippen LogP contribution >= 0.6 is 0 Å². The van der Waals surface area contributed by atoms with E-state index in [2.05, 4.69) is 20.3 Å². The molecule has 2 aromatic carbocycles. The summed E-state index contributed by atoms with van der Waals surface area (Å²) < 4.78 is 10.5. The molecule has 2 aromatic heterocycles. The predicted octanol–water partition coefficient (Wildman–Crippen LogP) is 3.89. The molecule has 7 nitrogen and oxygen atoms in total. The Balaban J connectivity index is 1.59. The number of methoxy groups -OCH3 is 2. The molecule has 0 fully saturated rings. The summed E-state index contributed by atoms with van der Waals surface area (Å²) in [6.07, 6.45) is 1.70. The number of imidazole rings is 1. The number of anilines is 1. The minimum absolute atomic E-state index is 0.246. The van der Waals surface area contributed by atoms with Crippen LogP contribution in [0.3, 0.4) is 0 Å². The third-order valence-electron chi connectivity index (χ3n) is 4.30. The molecule has 0 saturated carbocycles. The van der Waals surface area contributed by atoms with Crippen molar-refractivity contribution in [3.05, 3.63) is 66.4 Å². The van der Waals surface area contributed by atoms with Gasteiger partial charge in [-0.05, 0) is 42.5 Å². The number of hydrogen-bond acceptors (Lipinski definition) is 5. The van der Waals surface area contributed by atoms with Gasteiger partial charge in [-0.25, -0.2) is 9.97 Å². The van der Waals surface area contributed by atoms with Crippen molar-refractivity contribution in [2.24, 2.45) is 0 Å². The van der Waals surface area contributed by atoms with Crippen molar-refractivity contribution in [2.75, 3.05) is 19.5 Å². The SMILES string of the molecule is COc1ccc(C(=O)Nc2cccc(-c3nc4ncccc4[nH]3)c2)cc1OC. The second kappa shape index (κ2) is 7.40. The van der Waals surface area contributed by atoms with Crippen molar-refractivity contribution in [3.63, 3.8) is 0 Å². The molecule has 0 bridgehead atoms. The fraction of sp³-hybridized carbons (Fsp3) is 0.0952. The molecule has 0 radical (unpaired) electrons. The van der Waals surface area contributed by atoms with Crippen molar-refractivity contribution in [1.29, 1.82) is 0 Å². The fourth-order valence-corrected chi connectivity index (χ4v) is 2.91. The molecule has 0 saturated heterocycles. The van der Waals surface area contributed by atoms with Crippen molar-refractivity contribution in [3.8, 4) is 22.9 Å². The van der Waals surface area contributed by atoms with Crippen LogP contribution in [0.25, 0.3) is 22.6 Å². The number of nitrogens with one attached hydrogen (secondary N) is 2. The topological polar surface area (TPSA) is 89.1 Å². The summed E-state index contributed by atoms with van der Waals surface area (Å²) in [5.74, 6) is 1.51. The molecule has 7 heteroatoms. The van der Waals surface area contributed by atoms with E-state index in [9.17, 15) is 4.79 Å². The molecule has 0 aliphatic carbocycles. The van der Waals surface area contributed by atoms with Crippen LogP contribution in [0.1, 0.15) is 10.4 Å². The van der Waals surface area contributed by atoms with E-state index < -0.39 is 0 Å². The number of fused-ring (bicyclic) bond motifs is 1. The standard InChI is InChI=1S/C21H18N4O3/c1-27-17-9-8-14(12-18(17)28-2)21(26)23-15-6-3-5-13(11-15)19-24-16-7-4-10-22-20(16)25-19/h3-12H,1-2H3,(H,23,26)(H,22,24,25). The first kappa shape index (κ1) is 17.5. The number of hydrogen-bond donors (Lipinski definition) is 2. The van der Waals surface area contributed by atoms with Gasteiger partial charge in [-0.1, -0.05) is 12.1 Å². The third kappa shape index (κ3) is 3.37. The summed E-state index contributed by atoms with van der Waals surface area (Å²) in [7, 11) is 3.09. The van der Waals surface area contributed by atoms with E-state index in [4.69, 9.17) is 9.47 Å². The maximum Gasteiger partial charge on any atom is 0.255 e. The summed E-state index contributed by atoms with van der Waals surface area (Å²) in [4.78, 5) is 24.6. The summed E-state index contributed by atoms with van der Waals surface area (Å²) in [5.41, 5.74) is 3.49. The van der Waals surface area contributed by atoms with Crippen molar-refractivity contribution in [2.45, 2.75) is 0 Å². The Morgan fingerprint density at radius 1 is 1.00 bits per heavy atom. The van der Waals surface area contributed by atoms with E-state index in [1.54, 1.807) is 31.5 Å². The van der Waals surface area contributed by atoms with E-state index in [1.807, 2.05) is 36.4 Å². The van der Waals surface area contributed by atoms with Crippen LogP contribution < -0.4 is 14.8 Å². The van der Waals surface area contributed by atoms with E-state index in [0.29, 0.717) is 34.2 Å². The highest BCUT2D eigenvalue weighted by molar-refractivity contribution is 6.05. The van der Waals surface area contributed by atoms with Crippen molar-refractivity contribution >= 4 is 22.8 Å². The number of benzene rings is 2. The van der Waals surface area contributed by atoms with E-state index >= 15 is 0 Å². The number of rotatable bonds is 5. The second-order valence-corrected chi connectivity index (χ2v) is 6.06. The highest BCUT2D eigenvalue weighted by Gasteiger charge is 2.12. The molecule has 0 spiro atoms. The maximum absolute atomic E-state index is 12.6. The molecule has 0 atom stereocenters. The first-order valence-corrected chi connectivity index (χ1v) is 8.62. The quantitative estimate of drug-likeness (QED) is 0.553. The maximum atomic E-state index is 12.6. The molecular weight excluding hydrogens is 356 g/mol. The highest BCUT2D eigenvalue weighted by Crippen LogP contribution is 2.28. The van der Waals surface area contributed by atoms with Gasteiger partial charge in [0.15, 0.2) is 17.1 Å². The number of ether oxygens (including phenoxy) is 2. The van der Waals surface area contributed by atoms with Gasteiger partial charge in [0, 0.05) is 23.0 Å². The van der Waals surface area contributed by atoms with Gasteiger partial charge in [0.25, 0.3) is 5.91 Å². The lowest BCUT2D eigenvalue weighted by atomic mass is 10.1. The van der Waals surface area contributed by atoms with Gasteiger partial charge >= 0.3 is 0 Å².